The third-order valence-electron chi connectivity index (χ3n) is 1.78. The first-order valence-electron chi connectivity index (χ1n) is 3.97. The molecule has 0 bridgehead atoms. The molecule has 3 heteroatoms. The first-order valence-corrected chi connectivity index (χ1v) is 3.97. The fourth-order valence-corrected chi connectivity index (χ4v) is 1.09. The van der Waals surface area contributed by atoms with Crippen molar-refractivity contribution in [2.45, 2.75) is 13.0 Å². The number of rotatable bonds is 2. The van der Waals surface area contributed by atoms with Gasteiger partial charge in [-0.3, -0.25) is 0 Å². The number of esters is 1. The normalized spacial score (nSPS) is 12.2. The van der Waals surface area contributed by atoms with Crippen molar-refractivity contribution >= 4 is 5.97 Å². The maximum absolute atomic E-state index is 11.0. The Morgan fingerprint density at radius 3 is 2.77 bits per heavy atom. The van der Waals surface area contributed by atoms with Gasteiger partial charge in [0.25, 0.3) is 0 Å². The molecule has 0 radical (unpaired) electrons. The number of hydrogen-bond donors (Lipinski definition) is 1. The number of carbonyl (C=O) groups excluding carboxylic acids is 1. The lowest BCUT2D eigenvalue weighted by Crippen LogP contribution is -2.13. The van der Waals surface area contributed by atoms with Gasteiger partial charge in [0, 0.05) is 0 Å². The van der Waals surface area contributed by atoms with Crippen LogP contribution in [-0.2, 0) is 9.53 Å². The van der Waals surface area contributed by atoms with E-state index >= 15 is 0 Å². The van der Waals surface area contributed by atoms with E-state index in [2.05, 4.69) is 4.74 Å². The first-order chi connectivity index (χ1) is 6.15. The van der Waals surface area contributed by atoms with Crippen molar-refractivity contribution in [3.8, 4) is 0 Å². The van der Waals surface area contributed by atoms with Crippen LogP contribution in [0.3, 0.4) is 0 Å². The Bertz CT molecular complexity index is 307. The number of carbonyl (C=O) groups is 1. The molecule has 0 heterocycles. The molecule has 0 aliphatic carbocycles. The minimum absolute atomic E-state index is 0.562. The Morgan fingerprint density at radius 2 is 2.23 bits per heavy atom. The van der Waals surface area contributed by atoms with E-state index in [0.717, 1.165) is 5.56 Å². The highest BCUT2D eigenvalue weighted by atomic mass is 16.5. The van der Waals surface area contributed by atoms with Crippen LogP contribution in [0.15, 0.2) is 24.3 Å². The molecule has 0 aliphatic heterocycles. The van der Waals surface area contributed by atoms with Crippen LogP contribution in [-0.4, -0.2) is 18.2 Å². The molecule has 3 nitrogen and oxygen atoms in total. The Hall–Kier alpha value is -1.35. The third kappa shape index (κ3) is 2.29. The van der Waals surface area contributed by atoms with Gasteiger partial charge in [-0.15, -0.1) is 0 Å². The maximum Gasteiger partial charge on any atom is 0.339 e. The number of aliphatic hydroxyl groups excluding tert-OH is 1. The van der Waals surface area contributed by atoms with Crippen LogP contribution in [0.25, 0.3) is 0 Å². The molecule has 1 aromatic rings. The lowest BCUT2D eigenvalue weighted by Gasteiger charge is -2.08. The second kappa shape index (κ2) is 4.05. The standard InChI is InChI=1S/C10H12O3/c1-7-4-3-5-8(6-7)9(11)10(12)13-2/h3-6,9,11H,1-2H3. The monoisotopic (exact) mass is 180 g/mol. The van der Waals surface area contributed by atoms with Gasteiger partial charge in [0.05, 0.1) is 7.11 Å². The lowest BCUT2D eigenvalue weighted by atomic mass is 10.1. The SMILES string of the molecule is COC(=O)C(O)c1cccc(C)c1. The molecule has 0 saturated carbocycles. The molecule has 1 atom stereocenters. The van der Waals surface area contributed by atoms with Gasteiger partial charge >= 0.3 is 5.97 Å². The number of hydrogen-bond acceptors (Lipinski definition) is 3. The highest BCUT2D eigenvalue weighted by molar-refractivity contribution is 5.76. The predicted octanol–water partition coefficient (Wildman–Crippen LogP) is 1.20. The van der Waals surface area contributed by atoms with Gasteiger partial charge in [0.1, 0.15) is 0 Å². The zero-order valence-corrected chi connectivity index (χ0v) is 7.65. The first kappa shape index (κ1) is 9.74. The van der Waals surface area contributed by atoms with Gasteiger partial charge in [-0.25, -0.2) is 4.79 Å². The highest BCUT2D eigenvalue weighted by Gasteiger charge is 2.17. The van der Waals surface area contributed by atoms with Gasteiger partial charge in [0.2, 0.25) is 0 Å². The zero-order chi connectivity index (χ0) is 9.84. The summed E-state index contributed by atoms with van der Waals surface area (Å²) in [6.07, 6.45) is -1.18. The van der Waals surface area contributed by atoms with Crippen molar-refractivity contribution in [2.75, 3.05) is 7.11 Å². The van der Waals surface area contributed by atoms with E-state index < -0.39 is 12.1 Å². The summed E-state index contributed by atoms with van der Waals surface area (Å²) in [6, 6.07) is 7.13. The molecule has 0 saturated heterocycles. The zero-order valence-electron chi connectivity index (χ0n) is 7.65. The van der Waals surface area contributed by atoms with Crippen molar-refractivity contribution in [2.24, 2.45) is 0 Å². The van der Waals surface area contributed by atoms with E-state index in [1.54, 1.807) is 18.2 Å². The van der Waals surface area contributed by atoms with Crippen molar-refractivity contribution in [3.63, 3.8) is 0 Å². The van der Waals surface area contributed by atoms with Crippen LogP contribution in [0.4, 0.5) is 0 Å². The van der Waals surface area contributed by atoms with Crippen LogP contribution >= 0.6 is 0 Å². The molecule has 13 heavy (non-hydrogen) atoms. The number of ether oxygens (including phenoxy) is 1. The van der Waals surface area contributed by atoms with Crippen LogP contribution in [0, 0.1) is 6.92 Å². The molecular weight excluding hydrogens is 168 g/mol. The summed E-state index contributed by atoms with van der Waals surface area (Å²) in [4.78, 5) is 11.0. The average Bonchev–Trinajstić information content (AvgIpc) is 2.15. The van der Waals surface area contributed by atoms with E-state index in [0.29, 0.717) is 5.56 Å². The van der Waals surface area contributed by atoms with Gasteiger partial charge in [-0.1, -0.05) is 29.8 Å². The smallest absolute Gasteiger partial charge is 0.339 e. The van der Waals surface area contributed by atoms with E-state index in [4.69, 9.17) is 0 Å². The summed E-state index contributed by atoms with van der Waals surface area (Å²) >= 11 is 0. The van der Waals surface area contributed by atoms with Crippen molar-refractivity contribution in [3.05, 3.63) is 35.4 Å². The minimum atomic E-state index is -1.18. The lowest BCUT2D eigenvalue weighted by molar-refractivity contribution is -0.150. The van der Waals surface area contributed by atoms with Crippen molar-refractivity contribution in [1.29, 1.82) is 0 Å². The van der Waals surface area contributed by atoms with Gasteiger partial charge < -0.3 is 9.84 Å². The molecule has 0 aliphatic rings. The summed E-state index contributed by atoms with van der Waals surface area (Å²) in [5, 5.41) is 9.44. The molecule has 0 amide bonds. The fraction of sp³-hybridized carbons (Fsp3) is 0.300. The summed E-state index contributed by atoms with van der Waals surface area (Å²) in [7, 11) is 1.25. The topological polar surface area (TPSA) is 46.5 Å². The maximum atomic E-state index is 11.0. The number of aryl methyl sites for hydroxylation is 1. The third-order valence-corrected chi connectivity index (χ3v) is 1.78. The van der Waals surface area contributed by atoms with E-state index in [1.807, 2.05) is 13.0 Å². The highest BCUT2D eigenvalue weighted by Crippen LogP contribution is 2.15. The second-order valence-corrected chi connectivity index (χ2v) is 2.84. The number of aliphatic hydroxyl groups is 1. The summed E-state index contributed by atoms with van der Waals surface area (Å²) in [6.45, 7) is 1.90. The largest absolute Gasteiger partial charge is 0.467 e. The molecule has 1 aromatic carbocycles. The van der Waals surface area contributed by atoms with Crippen molar-refractivity contribution in [1.82, 2.24) is 0 Å². The molecule has 1 rings (SSSR count). The minimum Gasteiger partial charge on any atom is -0.467 e. The van der Waals surface area contributed by atoms with Crippen LogP contribution in [0.5, 0.6) is 0 Å². The molecule has 70 valence electrons. The van der Waals surface area contributed by atoms with Crippen LogP contribution in [0.1, 0.15) is 17.2 Å². The van der Waals surface area contributed by atoms with Gasteiger partial charge in [0.15, 0.2) is 6.10 Å². The Balaban J connectivity index is 2.88. The quantitative estimate of drug-likeness (QED) is 0.695. The van der Waals surface area contributed by atoms with E-state index in [9.17, 15) is 9.90 Å². The molecule has 1 N–H and O–H groups in total. The molecule has 0 spiro atoms. The number of benzene rings is 1. The Kier molecular flexibility index (Phi) is 3.03. The van der Waals surface area contributed by atoms with Crippen LogP contribution in [0.2, 0.25) is 0 Å². The fourth-order valence-electron chi connectivity index (χ4n) is 1.09. The van der Waals surface area contributed by atoms with Gasteiger partial charge in [-0.2, -0.15) is 0 Å². The van der Waals surface area contributed by atoms with E-state index in [-0.39, 0.29) is 0 Å². The Labute approximate surface area is 77.0 Å². The Morgan fingerprint density at radius 1 is 1.54 bits per heavy atom. The van der Waals surface area contributed by atoms with Crippen molar-refractivity contribution < 1.29 is 14.6 Å². The summed E-state index contributed by atoms with van der Waals surface area (Å²) in [5.74, 6) is -0.634. The molecular formula is C10H12O3. The molecule has 1 unspecified atom stereocenters. The second-order valence-electron chi connectivity index (χ2n) is 2.84. The summed E-state index contributed by atoms with van der Waals surface area (Å²) < 4.78 is 4.42. The van der Waals surface area contributed by atoms with Gasteiger partial charge in [-0.05, 0) is 12.5 Å². The average molecular weight is 180 g/mol. The summed E-state index contributed by atoms with van der Waals surface area (Å²) in [5.41, 5.74) is 1.56. The predicted molar refractivity (Wildman–Crippen MR) is 48.2 cm³/mol. The molecule has 0 fully saturated rings. The molecule has 0 aromatic heterocycles. The van der Waals surface area contributed by atoms with E-state index in [1.165, 1.54) is 7.11 Å². The number of methoxy groups -OCH3 is 1. The van der Waals surface area contributed by atoms with Crippen LogP contribution < -0.4 is 0 Å².